The van der Waals surface area contributed by atoms with Gasteiger partial charge >= 0.3 is 10.2 Å². The number of hydroxylamine groups is 1. The highest BCUT2D eigenvalue weighted by atomic mass is 127. The zero-order valence-electron chi connectivity index (χ0n) is 22.2. The first-order chi connectivity index (χ1) is 19.1. The minimum atomic E-state index is -4.09. The van der Waals surface area contributed by atoms with Crippen LogP contribution in [-0.4, -0.2) is 30.2 Å². The van der Waals surface area contributed by atoms with Crippen molar-refractivity contribution in [3.05, 3.63) is 79.3 Å². The maximum atomic E-state index is 15.6. The number of pyridine rings is 1. The number of hydrogen-bond acceptors (Lipinski definition) is 7. The third-order valence-electron chi connectivity index (χ3n) is 5.75. The van der Waals surface area contributed by atoms with Gasteiger partial charge in [0.15, 0.2) is 29.5 Å². The first-order valence-electron chi connectivity index (χ1n) is 12.4. The number of rotatable bonds is 11. The number of aliphatic hydroxyl groups is 1. The van der Waals surface area contributed by atoms with Crippen LogP contribution in [0.2, 0.25) is 5.02 Å². The van der Waals surface area contributed by atoms with Crippen LogP contribution in [0.25, 0.3) is 0 Å². The predicted octanol–water partition coefficient (Wildman–Crippen LogP) is 5.81. The summed E-state index contributed by atoms with van der Waals surface area (Å²) in [5, 5.41) is 13.9. The number of halogens is 5. The number of aliphatic hydroxyl groups excluding tert-OH is 1. The van der Waals surface area contributed by atoms with E-state index in [0.717, 1.165) is 15.8 Å². The fourth-order valence-electron chi connectivity index (χ4n) is 3.67. The maximum absolute atomic E-state index is 15.6. The van der Waals surface area contributed by atoms with Crippen molar-refractivity contribution in [2.75, 3.05) is 10.0 Å². The molecule has 1 aliphatic rings. The van der Waals surface area contributed by atoms with Crippen LogP contribution in [0.3, 0.4) is 0 Å². The highest BCUT2D eigenvalue weighted by Crippen LogP contribution is 2.36. The molecule has 9 nitrogen and oxygen atoms in total. The molecular weight excluding hydrogens is 698 g/mol. The number of nitrogens with zero attached hydrogens (tertiary/aromatic N) is 1. The highest BCUT2D eigenvalue weighted by molar-refractivity contribution is 14.1. The van der Waals surface area contributed by atoms with Crippen LogP contribution in [0.4, 0.5) is 30.4 Å². The van der Waals surface area contributed by atoms with Crippen molar-refractivity contribution in [1.29, 1.82) is 0 Å². The Morgan fingerprint density at radius 2 is 1.83 bits per heavy atom. The standard InChI is InChI=1S/C26H28ClF3IN5O4S/c1-26(2,3)40-34-25(37)17-11-14(20(28)22(30)23(17)33-19-7-4-15(31)12-18(19)27)10-13-8-9-32-24(21(13)29)36-41(38,39)35-16-5-6-16/h4,7-9,11-12,16,25,33-35,37H,5-6,10H2,1-3H3,(H,32,36). The molecule has 0 bridgehead atoms. The summed E-state index contributed by atoms with van der Waals surface area (Å²) in [6, 6.07) is 7.03. The van der Waals surface area contributed by atoms with Crippen molar-refractivity contribution in [3.8, 4) is 0 Å². The van der Waals surface area contributed by atoms with Gasteiger partial charge in [0.2, 0.25) is 0 Å². The quantitative estimate of drug-likeness (QED) is 0.0961. The summed E-state index contributed by atoms with van der Waals surface area (Å²) in [6.07, 6.45) is 0.349. The molecule has 15 heteroatoms. The normalized spacial score (nSPS) is 14.7. The lowest BCUT2D eigenvalue weighted by Gasteiger charge is -2.25. The Labute approximate surface area is 254 Å². The average Bonchev–Trinajstić information content (AvgIpc) is 3.68. The second-order valence-electron chi connectivity index (χ2n) is 10.4. The van der Waals surface area contributed by atoms with Gasteiger partial charge in [-0.15, -0.1) is 0 Å². The molecule has 0 aliphatic heterocycles. The average molecular weight is 726 g/mol. The van der Waals surface area contributed by atoms with Crippen molar-refractivity contribution in [3.63, 3.8) is 0 Å². The van der Waals surface area contributed by atoms with E-state index >= 15 is 13.2 Å². The Kier molecular flexibility index (Phi) is 9.72. The second-order valence-corrected chi connectivity index (χ2v) is 13.5. The first-order valence-corrected chi connectivity index (χ1v) is 15.4. The number of benzene rings is 2. The molecule has 5 N–H and O–H groups in total. The van der Waals surface area contributed by atoms with Gasteiger partial charge in [0, 0.05) is 27.8 Å². The predicted molar refractivity (Wildman–Crippen MR) is 158 cm³/mol. The third kappa shape index (κ3) is 8.43. The van der Waals surface area contributed by atoms with Gasteiger partial charge < -0.3 is 10.4 Å². The maximum Gasteiger partial charge on any atom is 0.300 e. The minimum Gasteiger partial charge on any atom is -0.372 e. The number of nitrogens with one attached hydrogen (secondary N) is 4. The molecule has 0 spiro atoms. The Morgan fingerprint density at radius 1 is 1.12 bits per heavy atom. The number of hydrogen-bond donors (Lipinski definition) is 5. The van der Waals surface area contributed by atoms with E-state index in [1.54, 1.807) is 39.0 Å². The molecule has 0 saturated heterocycles. The fourth-order valence-corrected chi connectivity index (χ4v) is 5.70. The molecular formula is C26H28ClF3IN5O4S. The molecule has 1 atom stereocenters. The monoisotopic (exact) mass is 725 g/mol. The Balaban J connectivity index is 1.71. The smallest absolute Gasteiger partial charge is 0.300 e. The van der Waals surface area contributed by atoms with Crippen LogP contribution >= 0.6 is 34.2 Å². The van der Waals surface area contributed by atoms with Crippen molar-refractivity contribution >= 4 is 61.6 Å². The molecule has 1 saturated carbocycles. The van der Waals surface area contributed by atoms with Crippen LogP contribution in [0.15, 0.2) is 36.5 Å². The summed E-state index contributed by atoms with van der Waals surface area (Å²) < 4.78 is 76.0. The summed E-state index contributed by atoms with van der Waals surface area (Å²) in [7, 11) is -4.09. The Hall–Kier alpha value is -2.21. The van der Waals surface area contributed by atoms with E-state index in [0.29, 0.717) is 12.8 Å². The first kappa shape index (κ1) is 31.7. The lowest BCUT2D eigenvalue weighted by molar-refractivity contribution is -0.131. The third-order valence-corrected chi connectivity index (χ3v) is 7.84. The lowest BCUT2D eigenvalue weighted by atomic mass is 9.99. The van der Waals surface area contributed by atoms with E-state index in [1.165, 1.54) is 6.07 Å². The largest absolute Gasteiger partial charge is 0.372 e. The Bertz CT molecular complexity index is 1560. The lowest BCUT2D eigenvalue weighted by Crippen LogP contribution is -2.32. The highest BCUT2D eigenvalue weighted by Gasteiger charge is 2.29. The second kappa shape index (κ2) is 12.6. The van der Waals surface area contributed by atoms with Crippen LogP contribution < -0.4 is 20.2 Å². The molecule has 2 aromatic carbocycles. The van der Waals surface area contributed by atoms with E-state index < -0.39 is 57.4 Å². The van der Waals surface area contributed by atoms with Crippen molar-refractivity contribution in [1.82, 2.24) is 15.2 Å². The molecule has 1 fully saturated rings. The SMILES string of the molecule is CC(C)(C)ONC(O)c1cc(Cc2ccnc(NS(=O)(=O)NC3CC3)c2F)c(F)c(F)c1Nc1ccc(I)cc1Cl. The molecule has 41 heavy (non-hydrogen) atoms. The summed E-state index contributed by atoms with van der Waals surface area (Å²) in [4.78, 5) is 9.16. The van der Waals surface area contributed by atoms with Gasteiger partial charge in [0.1, 0.15) is 0 Å². The van der Waals surface area contributed by atoms with Crippen molar-refractivity contribution in [2.45, 2.75) is 57.9 Å². The zero-order valence-corrected chi connectivity index (χ0v) is 25.9. The number of anilines is 3. The van der Waals surface area contributed by atoms with Crippen molar-refractivity contribution in [2.24, 2.45) is 0 Å². The summed E-state index contributed by atoms with van der Waals surface area (Å²) in [5.41, 5.74) is 0.879. The van der Waals surface area contributed by atoms with Gasteiger partial charge in [-0.3, -0.25) is 9.56 Å². The van der Waals surface area contributed by atoms with Gasteiger partial charge in [-0.05, 0) is 97.7 Å². The summed E-state index contributed by atoms with van der Waals surface area (Å²) >= 11 is 8.33. The fraction of sp³-hybridized carbons (Fsp3) is 0.346. The molecule has 222 valence electrons. The van der Waals surface area contributed by atoms with Crippen molar-refractivity contribution < 1.29 is 31.5 Å². The van der Waals surface area contributed by atoms with E-state index in [-0.39, 0.29) is 33.4 Å². The molecule has 1 unspecified atom stereocenters. The van der Waals surface area contributed by atoms with E-state index in [9.17, 15) is 13.5 Å². The molecule has 0 amide bonds. The number of aromatic nitrogens is 1. The van der Waals surface area contributed by atoms with Crippen LogP contribution in [-0.2, 0) is 21.5 Å². The summed E-state index contributed by atoms with van der Waals surface area (Å²) in [5.74, 6) is -4.32. The molecule has 1 aliphatic carbocycles. The van der Waals surface area contributed by atoms with E-state index in [4.69, 9.17) is 16.4 Å². The molecule has 1 aromatic heterocycles. The van der Waals surface area contributed by atoms with Crippen LogP contribution in [0.5, 0.6) is 0 Å². The van der Waals surface area contributed by atoms with E-state index in [1.807, 2.05) is 27.3 Å². The molecule has 3 aromatic rings. The molecule has 0 radical (unpaired) electrons. The molecule has 1 heterocycles. The zero-order chi connectivity index (χ0) is 30.1. The van der Waals surface area contributed by atoms with E-state index in [2.05, 4.69) is 20.5 Å². The molecule has 4 rings (SSSR count). The summed E-state index contributed by atoms with van der Waals surface area (Å²) in [6.45, 7) is 5.14. The van der Waals surface area contributed by atoms with Gasteiger partial charge in [0.25, 0.3) is 0 Å². The van der Waals surface area contributed by atoms with Gasteiger partial charge in [-0.25, -0.2) is 18.2 Å². The topological polar surface area (TPSA) is 125 Å². The van der Waals surface area contributed by atoms with Crippen LogP contribution in [0, 0.1) is 21.0 Å². The van der Waals surface area contributed by atoms with Crippen LogP contribution in [0.1, 0.15) is 56.5 Å². The minimum absolute atomic E-state index is 0.151. The van der Waals surface area contributed by atoms with Gasteiger partial charge in [-0.1, -0.05) is 11.6 Å². The Morgan fingerprint density at radius 3 is 2.46 bits per heavy atom. The van der Waals surface area contributed by atoms with Gasteiger partial charge in [-0.2, -0.15) is 18.6 Å². The van der Waals surface area contributed by atoms with Gasteiger partial charge in [0.05, 0.1) is 22.0 Å².